The molecule has 2 N–H and O–H groups in total. The highest BCUT2D eigenvalue weighted by Crippen LogP contribution is 2.37. The molecule has 1 aliphatic rings. The van der Waals surface area contributed by atoms with Gasteiger partial charge >= 0.3 is 0 Å². The van der Waals surface area contributed by atoms with Crippen molar-refractivity contribution in [1.82, 2.24) is 5.32 Å². The number of rotatable bonds is 7. The van der Waals surface area contributed by atoms with E-state index in [1.54, 1.807) is 13.0 Å². The lowest BCUT2D eigenvalue weighted by Crippen LogP contribution is -2.31. The molecule has 0 aliphatic carbocycles. The Bertz CT molecular complexity index is 1010. The minimum atomic E-state index is -3.70. The number of sulfone groups is 1. The number of hydrogen-bond acceptors (Lipinski definition) is 5. The van der Waals surface area contributed by atoms with E-state index in [-0.39, 0.29) is 28.4 Å². The van der Waals surface area contributed by atoms with E-state index in [2.05, 4.69) is 10.6 Å². The van der Waals surface area contributed by atoms with Crippen LogP contribution >= 0.6 is 11.8 Å². The minimum Gasteiger partial charge on any atom is -0.356 e. The number of benzene rings is 2. The molecule has 29 heavy (non-hydrogen) atoms. The van der Waals surface area contributed by atoms with Crippen LogP contribution in [0.25, 0.3) is 0 Å². The van der Waals surface area contributed by atoms with E-state index < -0.39 is 15.1 Å². The maximum Gasteiger partial charge on any atom is 0.237 e. The van der Waals surface area contributed by atoms with Gasteiger partial charge in [0.05, 0.1) is 21.1 Å². The first-order valence-electron chi connectivity index (χ1n) is 9.43. The summed E-state index contributed by atoms with van der Waals surface area (Å²) in [5, 5.41) is 4.43. The van der Waals surface area contributed by atoms with Crippen LogP contribution in [-0.2, 0) is 25.8 Å². The van der Waals surface area contributed by atoms with Crippen molar-refractivity contribution in [2.45, 2.75) is 47.0 Å². The summed E-state index contributed by atoms with van der Waals surface area (Å²) in [5.41, 5.74) is 1.61. The summed E-state index contributed by atoms with van der Waals surface area (Å²) in [6.45, 7) is 3.78. The number of hydrogen-bond donors (Lipinski definition) is 2. The topological polar surface area (TPSA) is 92.3 Å². The van der Waals surface area contributed by atoms with Gasteiger partial charge < -0.3 is 10.6 Å². The SMILES string of the molecule is CC1Sc2ccc(S(=O)(=O)C(C)CC(=O)NCCc3ccccc3)cc2NC1=O. The number of carbonyl (C=O) groups excluding carboxylic acids is 2. The van der Waals surface area contributed by atoms with Crippen LogP contribution in [0.2, 0.25) is 0 Å². The third-order valence-electron chi connectivity index (χ3n) is 4.79. The van der Waals surface area contributed by atoms with Gasteiger partial charge in [-0.2, -0.15) is 0 Å². The highest BCUT2D eigenvalue weighted by Gasteiger charge is 2.29. The molecule has 0 saturated heterocycles. The molecule has 0 radical (unpaired) electrons. The lowest BCUT2D eigenvalue weighted by molar-refractivity contribution is -0.121. The van der Waals surface area contributed by atoms with Crippen molar-refractivity contribution >= 4 is 39.1 Å². The number of anilines is 1. The maximum atomic E-state index is 12.9. The van der Waals surface area contributed by atoms with Gasteiger partial charge in [0.2, 0.25) is 11.8 Å². The average Bonchev–Trinajstić information content (AvgIpc) is 2.69. The van der Waals surface area contributed by atoms with Crippen LogP contribution in [0, 0.1) is 0 Å². The van der Waals surface area contributed by atoms with E-state index in [1.807, 2.05) is 30.3 Å². The summed E-state index contributed by atoms with van der Waals surface area (Å²) in [6.07, 6.45) is 0.570. The maximum absolute atomic E-state index is 12.9. The van der Waals surface area contributed by atoms with Crippen molar-refractivity contribution in [1.29, 1.82) is 0 Å². The molecule has 1 aliphatic heterocycles. The molecule has 0 bridgehead atoms. The van der Waals surface area contributed by atoms with Gasteiger partial charge in [0.15, 0.2) is 9.84 Å². The lowest BCUT2D eigenvalue weighted by atomic mass is 10.1. The summed E-state index contributed by atoms with van der Waals surface area (Å²) >= 11 is 1.39. The molecule has 3 rings (SSSR count). The summed E-state index contributed by atoms with van der Waals surface area (Å²) in [6, 6.07) is 14.5. The first-order valence-corrected chi connectivity index (χ1v) is 11.9. The van der Waals surface area contributed by atoms with Gasteiger partial charge in [0.1, 0.15) is 0 Å². The fourth-order valence-electron chi connectivity index (χ4n) is 3.03. The van der Waals surface area contributed by atoms with Gasteiger partial charge in [-0.25, -0.2) is 8.42 Å². The molecule has 2 amide bonds. The number of nitrogens with one attached hydrogen (secondary N) is 2. The van der Waals surface area contributed by atoms with Crippen molar-refractivity contribution < 1.29 is 18.0 Å². The molecule has 6 nitrogen and oxygen atoms in total. The molecule has 0 spiro atoms. The predicted octanol–water partition coefficient (Wildman–Crippen LogP) is 3.03. The third-order valence-corrected chi connectivity index (χ3v) is 8.11. The molecule has 2 aromatic rings. The van der Waals surface area contributed by atoms with E-state index in [1.165, 1.54) is 30.8 Å². The molecule has 2 atom stereocenters. The van der Waals surface area contributed by atoms with Gasteiger partial charge in [-0.15, -0.1) is 11.8 Å². The van der Waals surface area contributed by atoms with Gasteiger partial charge in [-0.1, -0.05) is 30.3 Å². The fraction of sp³-hybridized carbons (Fsp3) is 0.333. The fourth-order valence-corrected chi connectivity index (χ4v) is 5.34. The van der Waals surface area contributed by atoms with Crippen LogP contribution in [0.15, 0.2) is 58.3 Å². The van der Waals surface area contributed by atoms with E-state index in [0.717, 1.165) is 10.5 Å². The van der Waals surface area contributed by atoms with Crippen LogP contribution in [0.4, 0.5) is 5.69 Å². The van der Waals surface area contributed by atoms with Gasteiger partial charge in [-0.3, -0.25) is 9.59 Å². The Hall–Kier alpha value is -2.32. The number of amides is 2. The van der Waals surface area contributed by atoms with E-state index in [9.17, 15) is 18.0 Å². The Morgan fingerprint density at radius 3 is 2.66 bits per heavy atom. The van der Waals surface area contributed by atoms with Crippen molar-refractivity contribution in [3.63, 3.8) is 0 Å². The van der Waals surface area contributed by atoms with Crippen LogP contribution in [0.3, 0.4) is 0 Å². The Kier molecular flexibility index (Phi) is 6.64. The zero-order valence-corrected chi connectivity index (χ0v) is 18.0. The van der Waals surface area contributed by atoms with Gasteiger partial charge in [-0.05, 0) is 44.0 Å². The number of fused-ring (bicyclic) bond motifs is 1. The van der Waals surface area contributed by atoms with Crippen molar-refractivity contribution in [2.75, 3.05) is 11.9 Å². The second kappa shape index (κ2) is 9.00. The van der Waals surface area contributed by atoms with E-state index in [4.69, 9.17) is 0 Å². The molecule has 1 heterocycles. The van der Waals surface area contributed by atoms with Gasteiger partial charge in [0, 0.05) is 17.9 Å². The normalized spacial score (nSPS) is 17.2. The predicted molar refractivity (Wildman–Crippen MR) is 115 cm³/mol. The second-order valence-electron chi connectivity index (χ2n) is 7.05. The van der Waals surface area contributed by atoms with Crippen LogP contribution in [0.1, 0.15) is 25.8 Å². The first kappa shape index (κ1) is 21.4. The third kappa shape index (κ3) is 5.19. The smallest absolute Gasteiger partial charge is 0.237 e. The highest BCUT2D eigenvalue weighted by molar-refractivity contribution is 8.01. The molecule has 2 unspecified atom stereocenters. The molecule has 0 fully saturated rings. The molecule has 2 aromatic carbocycles. The van der Waals surface area contributed by atoms with Crippen LogP contribution < -0.4 is 10.6 Å². The zero-order valence-electron chi connectivity index (χ0n) is 16.3. The zero-order chi connectivity index (χ0) is 21.0. The van der Waals surface area contributed by atoms with Crippen LogP contribution in [-0.4, -0.2) is 37.3 Å². The van der Waals surface area contributed by atoms with Crippen molar-refractivity contribution in [2.24, 2.45) is 0 Å². The molecule has 0 saturated carbocycles. The molecule has 154 valence electrons. The lowest BCUT2D eigenvalue weighted by Gasteiger charge is -2.22. The second-order valence-corrected chi connectivity index (χ2v) is 10.8. The summed E-state index contributed by atoms with van der Waals surface area (Å²) in [7, 11) is -3.70. The van der Waals surface area contributed by atoms with Crippen LogP contribution in [0.5, 0.6) is 0 Å². The van der Waals surface area contributed by atoms with Crippen molar-refractivity contribution in [3.05, 3.63) is 54.1 Å². The molecule has 0 aromatic heterocycles. The highest BCUT2D eigenvalue weighted by atomic mass is 32.2. The monoisotopic (exact) mass is 432 g/mol. The number of thioether (sulfide) groups is 1. The Labute approximate surface area is 175 Å². The molecular formula is C21H24N2O4S2. The Morgan fingerprint density at radius 2 is 1.93 bits per heavy atom. The van der Waals surface area contributed by atoms with E-state index in [0.29, 0.717) is 18.7 Å². The van der Waals surface area contributed by atoms with Crippen molar-refractivity contribution in [3.8, 4) is 0 Å². The summed E-state index contributed by atoms with van der Waals surface area (Å²) < 4.78 is 25.8. The quantitative estimate of drug-likeness (QED) is 0.702. The standard InChI is InChI=1S/C21H24N2O4S2/c1-14(12-20(24)22-11-10-16-6-4-3-5-7-16)29(26,27)17-8-9-19-18(13-17)23-21(25)15(2)28-19/h3-9,13-15H,10-12H2,1-2H3,(H,22,24)(H,23,25). The molecule has 8 heteroatoms. The largest absolute Gasteiger partial charge is 0.356 e. The minimum absolute atomic E-state index is 0.108. The summed E-state index contributed by atoms with van der Waals surface area (Å²) in [4.78, 5) is 25.0. The van der Waals surface area contributed by atoms with Gasteiger partial charge in [0.25, 0.3) is 0 Å². The van der Waals surface area contributed by atoms with E-state index >= 15 is 0 Å². The summed E-state index contributed by atoms with van der Waals surface area (Å²) in [5.74, 6) is -0.449. The number of carbonyl (C=O) groups is 2. The Morgan fingerprint density at radius 1 is 1.21 bits per heavy atom. The Balaban J connectivity index is 1.61. The first-order chi connectivity index (χ1) is 13.8. The molecular weight excluding hydrogens is 408 g/mol. The average molecular weight is 433 g/mol.